The second-order valence-corrected chi connectivity index (χ2v) is 5.74. The van der Waals surface area contributed by atoms with Gasteiger partial charge in [-0.25, -0.2) is 0 Å². The molecule has 3 N–H and O–H groups in total. The van der Waals surface area contributed by atoms with Gasteiger partial charge in [0, 0.05) is 36.0 Å². The number of carbonyl (C=O) groups excluding carboxylic acids is 1. The maximum atomic E-state index is 11.9. The van der Waals surface area contributed by atoms with Crippen molar-refractivity contribution in [1.29, 1.82) is 0 Å². The Morgan fingerprint density at radius 2 is 2.17 bits per heavy atom. The van der Waals surface area contributed by atoms with Crippen LogP contribution in [0.4, 0.5) is 11.4 Å². The summed E-state index contributed by atoms with van der Waals surface area (Å²) in [5.74, 6) is 2.27. The van der Waals surface area contributed by atoms with E-state index < -0.39 is 0 Å². The highest BCUT2D eigenvalue weighted by Gasteiger charge is 2.14. The third-order valence-corrected chi connectivity index (χ3v) is 3.95. The second kappa shape index (κ2) is 6.11. The van der Waals surface area contributed by atoms with Gasteiger partial charge in [0.05, 0.1) is 6.54 Å². The molecule has 18 heavy (non-hydrogen) atoms. The molecule has 0 atom stereocenters. The third kappa shape index (κ3) is 3.65. The maximum absolute atomic E-state index is 11.9. The van der Waals surface area contributed by atoms with Gasteiger partial charge < -0.3 is 11.1 Å². The number of hydrogen-bond acceptors (Lipinski definition) is 4. The summed E-state index contributed by atoms with van der Waals surface area (Å²) in [7, 11) is 0. The Morgan fingerprint density at radius 3 is 2.89 bits per heavy atom. The number of anilines is 2. The van der Waals surface area contributed by atoms with Crippen LogP contribution in [0.25, 0.3) is 0 Å². The first kappa shape index (κ1) is 13.2. The van der Waals surface area contributed by atoms with E-state index in [1.54, 1.807) is 6.07 Å². The van der Waals surface area contributed by atoms with Crippen molar-refractivity contribution in [3.05, 3.63) is 23.8 Å². The smallest absolute Gasteiger partial charge is 0.238 e. The first-order valence-electron chi connectivity index (χ1n) is 6.11. The van der Waals surface area contributed by atoms with Crippen LogP contribution in [0.2, 0.25) is 0 Å². The van der Waals surface area contributed by atoms with Gasteiger partial charge in [0.1, 0.15) is 0 Å². The fourth-order valence-electron chi connectivity index (χ4n) is 1.93. The Morgan fingerprint density at radius 1 is 1.44 bits per heavy atom. The second-order valence-electron chi connectivity index (χ2n) is 4.51. The highest BCUT2D eigenvalue weighted by Crippen LogP contribution is 2.18. The van der Waals surface area contributed by atoms with E-state index in [9.17, 15) is 4.79 Å². The molecule has 1 heterocycles. The van der Waals surface area contributed by atoms with Gasteiger partial charge in [-0.05, 0) is 24.6 Å². The minimum absolute atomic E-state index is 0.0376. The highest BCUT2D eigenvalue weighted by molar-refractivity contribution is 7.99. The van der Waals surface area contributed by atoms with E-state index >= 15 is 0 Å². The van der Waals surface area contributed by atoms with Crippen LogP contribution in [0.15, 0.2) is 18.2 Å². The average molecular weight is 265 g/mol. The van der Waals surface area contributed by atoms with Crippen LogP contribution in [0.5, 0.6) is 0 Å². The summed E-state index contributed by atoms with van der Waals surface area (Å²) in [4.78, 5) is 14.1. The van der Waals surface area contributed by atoms with Gasteiger partial charge >= 0.3 is 0 Å². The molecular formula is C13H19N3OS. The van der Waals surface area contributed by atoms with E-state index in [1.165, 1.54) is 0 Å². The summed E-state index contributed by atoms with van der Waals surface area (Å²) in [5.41, 5.74) is 8.24. The van der Waals surface area contributed by atoms with Crippen molar-refractivity contribution >= 4 is 29.0 Å². The summed E-state index contributed by atoms with van der Waals surface area (Å²) in [6.07, 6.45) is 0. The minimum Gasteiger partial charge on any atom is -0.399 e. The Bertz CT molecular complexity index is 430. The van der Waals surface area contributed by atoms with E-state index in [0.29, 0.717) is 12.2 Å². The van der Waals surface area contributed by atoms with Crippen LogP contribution in [0, 0.1) is 6.92 Å². The van der Waals surface area contributed by atoms with Gasteiger partial charge in [-0.1, -0.05) is 6.07 Å². The number of thioether (sulfide) groups is 1. The molecule has 0 radical (unpaired) electrons. The normalized spacial score (nSPS) is 16.5. The van der Waals surface area contributed by atoms with Gasteiger partial charge in [0.2, 0.25) is 5.91 Å². The van der Waals surface area contributed by atoms with Gasteiger partial charge in [-0.2, -0.15) is 11.8 Å². The van der Waals surface area contributed by atoms with Crippen LogP contribution in [-0.4, -0.2) is 41.9 Å². The predicted octanol–water partition coefficient (Wildman–Crippen LogP) is 1.56. The lowest BCUT2D eigenvalue weighted by Gasteiger charge is -2.25. The van der Waals surface area contributed by atoms with Crippen molar-refractivity contribution in [1.82, 2.24) is 4.90 Å². The molecule has 1 fully saturated rings. The quantitative estimate of drug-likeness (QED) is 0.814. The molecule has 1 aliphatic rings. The molecule has 0 saturated carbocycles. The zero-order chi connectivity index (χ0) is 13.0. The zero-order valence-corrected chi connectivity index (χ0v) is 11.4. The van der Waals surface area contributed by atoms with Crippen molar-refractivity contribution in [2.24, 2.45) is 0 Å². The number of aryl methyl sites for hydroxylation is 1. The molecule has 0 spiro atoms. The summed E-state index contributed by atoms with van der Waals surface area (Å²) in [6, 6.07) is 5.56. The number of nitrogen functional groups attached to an aromatic ring is 1. The van der Waals surface area contributed by atoms with Crippen LogP contribution >= 0.6 is 11.8 Å². The molecule has 1 aliphatic heterocycles. The standard InChI is InChI=1S/C13H19N3OS/c1-10-2-3-11(14)8-12(10)15-13(17)9-16-4-6-18-7-5-16/h2-3,8H,4-7,9,14H2,1H3,(H,15,17). The van der Waals surface area contributed by atoms with Crippen LogP contribution in [-0.2, 0) is 4.79 Å². The molecule has 1 aromatic carbocycles. The molecule has 98 valence electrons. The molecule has 1 aromatic rings. The van der Waals surface area contributed by atoms with Gasteiger partial charge in [-0.3, -0.25) is 9.69 Å². The summed E-state index contributed by atoms with van der Waals surface area (Å²) in [5, 5.41) is 2.93. The SMILES string of the molecule is Cc1ccc(N)cc1NC(=O)CN1CCSCC1. The molecule has 1 amide bonds. The monoisotopic (exact) mass is 265 g/mol. The molecule has 0 aliphatic carbocycles. The number of nitrogens with two attached hydrogens (primary N) is 1. The molecule has 4 nitrogen and oxygen atoms in total. The Balaban J connectivity index is 1.92. The summed E-state index contributed by atoms with van der Waals surface area (Å²) in [6.45, 7) is 4.42. The third-order valence-electron chi connectivity index (χ3n) is 3.01. The molecule has 2 rings (SSSR count). The van der Waals surface area contributed by atoms with E-state index in [1.807, 2.05) is 30.8 Å². The number of hydrogen-bond donors (Lipinski definition) is 2. The van der Waals surface area contributed by atoms with Crippen molar-refractivity contribution in [2.75, 3.05) is 42.2 Å². The first-order valence-corrected chi connectivity index (χ1v) is 7.27. The van der Waals surface area contributed by atoms with E-state index in [0.717, 1.165) is 35.8 Å². The highest BCUT2D eigenvalue weighted by atomic mass is 32.2. The molecule has 5 heteroatoms. The molecule has 0 unspecified atom stereocenters. The Labute approximate surface area is 112 Å². The maximum Gasteiger partial charge on any atom is 0.238 e. The minimum atomic E-state index is 0.0376. The number of amides is 1. The zero-order valence-electron chi connectivity index (χ0n) is 10.6. The average Bonchev–Trinajstić information content (AvgIpc) is 2.35. The van der Waals surface area contributed by atoms with Crippen LogP contribution in [0.1, 0.15) is 5.56 Å². The fourth-order valence-corrected chi connectivity index (χ4v) is 2.91. The topological polar surface area (TPSA) is 58.4 Å². The van der Waals surface area contributed by atoms with Gasteiger partial charge in [-0.15, -0.1) is 0 Å². The lowest BCUT2D eigenvalue weighted by molar-refractivity contribution is -0.117. The molecule has 0 bridgehead atoms. The van der Waals surface area contributed by atoms with Gasteiger partial charge in [0.25, 0.3) is 0 Å². The van der Waals surface area contributed by atoms with Crippen molar-refractivity contribution < 1.29 is 4.79 Å². The lowest BCUT2D eigenvalue weighted by Crippen LogP contribution is -2.38. The van der Waals surface area contributed by atoms with Crippen molar-refractivity contribution in [3.8, 4) is 0 Å². The Kier molecular flexibility index (Phi) is 4.49. The van der Waals surface area contributed by atoms with Crippen LogP contribution < -0.4 is 11.1 Å². The number of carbonyl (C=O) groups is 1. The molecule has 1 saturated heterocycles. The van der Waals surface area contributed by atoms with E-state index in [-0.39, 0.29) is 5.91 Å². The summed E-state index contributed by atoms with van der Waals surface area (Å²) < 4.78 is 0. The number of nitrogens with zero attached hydrogens (tertiary/aromatic N) is 1. The van der Waals surface area contributed by atoms with E-state index in [2.05, 4.69) is 10.2 Å². The van der Waals surface area contributed by atoms with Gasteiger partial charge in [0.15, 0.2) is 0 Å². The number of nitrogens with one attached hydrogen (secondary N) is 1. The molecule has 0 aromatic heterocycles. The molecular weight excluding hydrogens is 246 g/mol. The largest absolute Gasteiger partial charge is 0.399 e. The van der Waals surface area contributed by atoms with Crippen molar-refractivity contribution in [3.63, 3.8) is 0 Å². The van der Waals surface area contributed by atoms with E-state index in [4.69, 9.17) is 5.73 Å². The number of rotatable bonds is 3. The van der Waals surface area contributed by atoms with Crippen LogP contribution in [0.3, 0.4) is 0 Å². The van der Waals surface area contributed by atoms with Crippen molar-refractivity contribution in [2.45, 2.75) is 6.92 Å². The number of benzene rings is 1. The lowest BCUT2D eigenvalue weighted by atomic mass is 10.2. The predicted molar refractivity (Wildman–Crippen MR) is 78.0 cm³/mol. The Hall–Kier alpha value is -1.20. The summed E-state index contributed by atoms with van der Waals surface area (Å²) >= 11 is 1.94. The first-order chi connectivity index (χ1) is 8.65. The fraction of sp³-hybridized carbons (Fsp3) is 0.462.